The van der Waals surface area contributed by atoms with E-state index in [9.17, 15) is 27.6 Å². The Morgan fingerprint density at radius 2 is 1.66 bits per heavy atom. The Bertz CT molecular complexity index is 2190. The number of aromatic nitrogens is 3. The average Bonchev–Trinajstić information content (AvgIpc) is 3.48. The minimum absolute atomic E-state index is 0.0145. The molecule has 0 atom stereocenters. The molecule has 4 heterocycles. The summed E-state index contributed by atoms with van der Waals surface area (Å²) in [7, 11) is 1.80. The molecule has 0 saturated carbocycles. The van der Waals surface area contributed by atoms with Crippen molar-refractivity contribution in [2.45, 2.75) is 58.9 Å². The summed E-state index contributed by atoms with van der Waals surface area (Å²) in [5.74, 6) is 5.24. The summed E-state index contributed by atoms with van der Waals surface area (Å²) >= 11 is 0. The first-order valence-corrected chi connectivity index (χ1v) is 18.4. The van der Waals surface area contributed by atoms with Crippen molar-refractivity contribution < 1.29 is 32.3 Å². The van der Waals surface area contributed by atoms with Gasteiger partial charge in [-0.3, -0.25) is 14.5 Å². The Hall–Kier alpha value is -5.72. The van der Waals surface area contributed by atoms with Gasteiger partial charge in [0.15, 0.2) is 0 Å². The van der Waals surface area contributed by atoms with Crippen LogP contribution in [0.4, 0.5) is 29.6 Å². The molecule has 2 aliphatic heterocycles. The van der Waals surface area contributed by atoms with Crippen LogP contribution in [0.2, 0.25) is 0 Å². The van der Waals surface area contributed by atoms with Gasteiger partial charge in [-0.05, 0) is 68.8 Å². The van der Waals surface area contributed by atoms with E-state index in [2.05, 4.69) is 38.9 Å². The van der Waals surface area contributed by atoms with Crippen LogP contribution < -0.4 is 11.1 Å². The summed E-state index contributed by atoms with van der Waals surface area (Å²) < 4.78 is 49.5. The van der Waals surface area contributed by atoms with Crippen molar-refractivity contribution in [3.63, 3.8) is 0 Å². The fourth-order valence-corrected chi connectivity index (χ4v) is 6.79. The van der Waals surface area contributed by atoms with Crippen molar-refractivity contribution in [1.82, 2.24) is 29.2 Å². The number of carbonyl (C=O) groups is 3. The number of ether oxygens (including phenoxy) is 1. The zero-order valence-corrected chi connectivity index (χ0v) is 32.1. The van der Waals surface area contributed by atoms with Crippen molar-refractivity contribution >= 4 is 29.5 Å². The number of rotatable bonds is 7. The van der Waals surface area contributed by atoms with E-state index in [4.69, 9.17) is 10.5 Å². The highest BCUT2D eigenvalue weighted by Crippen LogP contribution is 2.35. The third kappa shape index (κ3) is 9.38. The SMILES string of the molecule is CCN1CCN(Cc2ccc(NC(=O)Cc3ccc(C#Cc4cnc(N)nc4-c4cc5c(n4C)CCN(C(=O)OC(C)(C)C)C5=O)cc3)cc2C(F)(F)F)CC1. The summed E-state index contributed by atoms with van der Waals surface area (Å²) in [5, 5.41) is 2.62. The first-order valence-electron chi connectivity index (χ1n) is 18.4. The molecule has 2 aromatic carbocycles. The molecule has 0 aliphatic carbocycles. The number of amides is 3. The molecule has 15 heteroatoms. The van der Waals surface area contributed by atoms with E-state index in [0.717, 1.165) is 36.3 Å². The van der Waals surface area contributed by atoms with Gasteiger partial charge in [0.25, 0.3) is 5.91 Å². The lowest BCUT2D eigenvalue weighted by Crippen LogP contribution is -2.45. The van der Waals surface area contributed by atoms with E-state index in [1.165, 1.54) is 18.3 Å². The van der Waals surface area contributed by atoms with Crippen molar-refractivity contribution in [1.29, 1.82) is 0 Å². The van der Waals surface area contributed by atoms with Crippen LogP contribution in [-0.2, 0) is 42.1 Å². The molecule has 0 radical (unpaired) electrons. The summed E-state index contributed by atoms with van der Waals surface area (Å²) in [6.45, 7) is 11.6. The maximum absolute atomic E-state index is 14.1. The van der Waals surface area contributed by atoms with Gasteiger partial charge < -0.3 is 25.3 Å². The third-order valence-electron chi connectivity index (χ3n) is 9.74. The van der Waals surface area contributed by atoms with Gasteiger partial charge >= 0.3 is 12.3 Å². The Morgan fingerprint density at radius 1 is 0.964 bits per heavy atom. The van der Waals surface area contributed by atoms with Crippen molar-refractivity contribution in [2.75, 3.05) is 50.3 Å². The number of carbonyl (C=O) groups excluding carboxylic acids is 3. The molecule has 0 unspecified atom stereocenters. The first-order chi connectivity index (χ1) is 26.5. The van der Waals surface area contributed by atoms with Gasteiger partial charge in [0.05, 0.1) is 28.8 Å². The number of benzene rings is 2. The molecule has 294 valence electrons. The number of hydrogen-bond donors (Lipinski definition) is 2. The predicted octanol–water partition coefficient (Wildman–Crippen LogP) is 5.74. The fourth-order valence-electron chi connectivity index (χ4n) is 6.79. The first kappa shape index (κ1) is 40.0. The van der Waals surface area contributed by atoms with Crippen molar-refractivity contribution in [3.05, 3.63) is 93.8 Å². The smallest absolute Gasteiger partial charge is 0.417 e. The lowest BCUT2D eigenvalue weighted by Gasteiger charge is -2.34. The lowest BCUT2D eigenvalue weighted by atomic mass is 10.0. The summed E-state index contributed by atoms with van der Waals surface area (Å²) in [6.07, 6.45) is -3.42. The maximum Gasteiger partial charge on any atom is 0.417 e. The minimum atomic E-state index is -4.57. The zero-order chi connectivity index (χ0) is 40.4. The average molecular weight is 771 g/mol. The van der Waals surface area contributed by atoms with Gasteiger partial charge in [-0.1, -0.05) is 37.0 Å². The van der Waals surface area contributed by atoms with E-state index < -0.39 is 35.2 Å². The van der Waals surface area contributed by atoms with Gasteiger partial charge in [-0.25, -0.2) is 19.7 Å². The molecular weight excluding hydrogens is 725 g/mol. The third-order valence-corrected chi connectivity index (χ3v) is 9.74. The maximum atomic E-state index is 14.1. The van der Waals surface area contributed by atoms with Crippen LogP contribution in [0.25, 0.3) is 11.4 Å². The normalized spacial score (nSPS) is 15.2. The molecule has 2 aromatic heterocycles. The number of nitrogen functional groups attached to an aromatic ring is 1. The van der Waals surface area contributed by atoms with E-state index in [-0.39, 0.29) is 36.7 Å². The van der Waals surface area contributed by atoms with Crippen LogP contribution in [-0.4, -0.2) is 92.0 Å². The van der Waals surface area contributed by atoms with Crippen LogP contribution >= 0.6 is 0 Å². The molecule has 3 N–H and O–H groups in total. The Kier molecular flexibility index (Phi) is 11.5. The van der Waals surface area contributed by atoms with Crippen LogP contribution in [0.15, 0.2) is 54.7 Å². The number of likely N-dealkylation sites (N-methyl/N-ethyl adjacent to an activating group) is 1. The Morgan fingerprint density at radius 3 is 2.32 bits per heavy atom. The van der Waals surface area contributed by atoms with E-state index in [0.29, 0.717) is 53.2 Å². The van der Waals surface area contributed by atoms with Crippen LogP contribution in [0.3, 0.4) is 0 Å². The molecular formula is C41H45F3N8O4. The van der Waals surface area contributed by atoms with Crippen LogP contribution in [0, 0.1) is 11.8 Å². The highest BCUT2D eigenvalue weighted by Gasteiger charge is 2.36. The number of halogens is 3. The second-order valence-electron chi connectivity index (χ2n) is 14.9. The Labute approximate surface area is 323 Å². The van der Waals surface area contributed by atoms with Gasteiger partial charge in [0, 0.05) is 75.9 Å². The quantitative estimate of drug-likeness (QED) is 0.226. The second-order valence-corrected chi connectivity index (χ2v) is 14.9. The number of nitrogens with zero attached hydrogens (tertiary/aromatic N) is 6. The molecule has 12 nitrogen and oxygen atoms in total. The molecule has 2 aliphatic rings. The molecule has 1 saturated heterocycles. The molecule has 0 bridgehead atoms. The van der Waals surface area contributed by atoms with Gasteiger partial charge in [0.2, 0.25) is 11.9 Å². The monoisotopic (exact) mass is 770 g/mol. The topological polar surface area (TPSA) is 139 Å². The standard InChI is InChI=1S/C41H45F3N8O4/c1-6-50-17-19-51(20-18-50)25-29-13-14-30(22-32(29)41(42,43)44)47-35(53)21-27-9-7-26(8-10-27)11-12-28-24-46-38(45)48-36(28)34-23-31-33(49(34)5)15-16-52(37(31)54)39(55)56-40(2,3)4/h7-10,13-14,22-24H,6,15-21,25H2,1-5H3,(H,47,53)(H2,45,46,48). The number of imide groups is 1. The molecule has 4 aromatic rings. The van der Waals surface area contributed by atoms with E-state index in [1.54, 1.807) is 58.2 Å². The van der Waals surface area contributed by atoms with Gasteiger partial charge in [0.1, 0.15) is 11.3 Å². The highest BCUT2D eigenvalue weighted by atomic mass is 19.4. The number of fused-ring (bicyclic) bond motifs is 1. The van der Waals surface area contributed by atoms with Crippen LogP contribution in [0.5, 0.6) is 0 Å². The lowest BCUT2D eigenvalue weighted by molar-refractivity contribution is -0.138. The summed E-state index contributed by atoms with van der Waals surface area (Å²) in [5.41, 5.74) is 8.48. The van der Waals surface area contributed by atoms with Gasteiger partial charge in [-0.2, -0.15) is 13.2 Å². The minimum Gasteiger partial charge on any atom is -0.443 e. The molecule has 0 spiro atoms. The zero-order valence-electron chi connectivity index (χ0n) is 32.1. The van der Waals surface area contributed by atoms with Crippen molar-refractivity contribution in [2.24, 2.45) is 7.05 Å². The predicted molar refractivity (Wildman–Crippen MR) is 205 cm³/mol. The number of nitrogens with two attached hydrogens (primary N) is 1. The number of hydrogen-bond acceptors (Lipinski definition) is 9. The van der Waals surface area contributed by atoms with Crippen LogP contribution in [0.1, 0.15) is 71.6 Å². The van der Waals surface area contributed by atoms with Crippen molar-refractivity contribution in [3.8, 4) is 23.2 Å². The number of alkyl halides is 3. The van der Waals surface area contributed by atoms with E-state index >= 15 is 0 Å². The molecule has 6 rings (SSSR count). The summed E-state index contributed by atoms with van der Waals surface area (Å²) in [6, 6.07) is 12.5. The van der Waals surface area contributed by atoms with Gasteiger partial charge in [-0.15, -0.1) is 0 Å². The number of piperazine rings is 1. The number of nitrogens with one attached hydrogen (secondary N) is 1. The fraction of sp³-hybridized carbons (Fsp3) is 0.390. The second kappa shape index (κ2) is 16.2. The molecule has 56 heavy (non-hydrogen) atoms. The molecule has 1 fully saturated rings. The molecule has 3 amide bonds. The number of anilines is 2. The largest absolute Gasteiger partial charge is 0.443 e. The van der Waals surface area contributed by atoms with E-state index in [1.807, 2.05) is 9.47 Å². The highest BCUT2D eigenvalue weighted by molar-refractivity contribution is 6.05. The summed E-state index contributed by atoms with van der Waals surface area (Å²) in [4.78, 5) is 53.0. The Balaban J connectivity index is 1.13.